The molecule has 2 nitrogen and oxygen atoms in total. The molecule has 17 heavy (non-hydrogen) atoms. The highest BCUT2D eigenvalue weighted by Gasteiger charge is 2.47. The Labute approximate surface area is 110 Å². The van der Waals surface area contributed by atoms with E-state index in [1.807, 2.05) is 25.1 Å². The van der Waals surface area contributed by atoms with Gasteiger partial charge in [-0.3, -0.25) is 4.79 Å². The first-order valence-corrected chi connectivity index (χ1v) is 7.00. The maximum Gasteiger partial charge on any atom is 0.227 e. The second kappa shape index (κ2) is 4.13. The first-order valence-electron chi connectivity index (χ1n) is 6.20. The standard InChI is InChI=1S/C14H16BrNO/c1-8-2-3-13(12(15)4-8)16-14(17)11-6-9-5-10(9)7-11/h2-4,9-11H,5-7H2,1H3,(H,16,17). The van der Waals surface area contributed by atoms with Crippen molar-refractivity contribution in [2.24, 2.45) is 17.8 Å². The van der Waals surface area contributed by atoms with Crippen LogP contribution in [-0.4, -0.2) is 5.91 Å². The molecule has 0 bridgehead atoms. The minimum absolute atomic E-state index is 0.196. The zero-order valence-electron chi connectivity index (χ0n) is 9.87. The maximum atomic E-state index is 12.1. The van der Waals surface area contributed by atoms with Crippen molar-refractivity contribution in [1.29, 1.82) is 0 Å². The van der Waals surface area contributed by atoms with Gasteiger partial charge in [0.2, 0.25) is 5.91 Å². The predicted molar refractivity (Wildman–Crippen MR) is 71.8 cm³/mol. The van der Waals surface area contributed by atoms with Gasteiger partial charge >= 0.3 is 0 Å². The van der Waals surface area contributed by atoms with Gasteiger partial charge in [0.05, 0.1) is 5.69 Å². The molecule has 3 rings (SSSR count). The van der Waals surface area contributed by atoms with Gasteiger partial charge in [0.1, 0.15) is 0 Å². The molecule has 0 heterocycles. The number of hydrogen-bond acceptors (Lipinski definition) is 1. The molecule has 1 N–H and O–H groups in total. The van der Waals surface area contributed by atoms with Gasteiger partial charge in [-0.15, -0.1) is 0 Å². The van der Waals surface area contributed by atoms with Gasteiger partial charge in [0, 0.05) is 10.4 Å². The van der Waals surface area contributed by atoms with E-state index in [4.69, 9.17) is 0 Å². The molecule has 0 spiro atoms. The second-order valence-electron chi connectivity index (χ2n) is 5.40. The molecule has 1 aromatic carbocycles. The van der Waals surface area contributed by atoms with Crippen LogP contribution in [0.15, 0.2) is 22.7 Å². The molecule has 2 saturated carbocycles. The molecule has 1 aromatic rings. The fourth-order valence-electron chi connectivity index (χ4n) is 2.89. The van der Waals surface area contributed by atoms with Crippen LogP contribution in [0, 0.1) is 24.7 Å². The molecule has 0 aromatic heterocycles. The summed E-state index contributed by atoms with van der Waals surface area (Å²) in [5.74, 6) is 2.15. The minimum atomic E-state index is 0.196. The second-order valence-corrected chi connectivity index (χ2v) is 6.25. The Balaban J connectivity index is 1.67. The predicted octanol–water partition coefficient (Wildman–Crippen LogP) is 3.74. The van der Waals surface area contributed by atoms with Crippen LogP contribution in [-0.2, 0) is 4.79 Å². The lowest BCUT2D eigenvalue weighted by Crippen LogP contribution is -2.21. The van der Waals surface area contributed by atoms with Gasteiger partial charge in [0.25, 0.3) is 0 Å². The van der Waals surface area contributed by atoms with Gasteiger partial charge < -0.3 is 5.32 Å². The fourth-order valence-corrected chi connectivity index (χ4v) is 3.48. The number of carbonyl (C=O) groups excluding carboxylic acids is 1. The van der Waals surface area contributed by atoms with Crippen LogP contribution in [0.2, 0.25) is 0 Å². The number of carbonyl (C=O) groups is 1. The molecule has 0 saturated heterocycles. The van der Waals surface area contributed by atoms with E-state index in [1.165, 1.54) is 12.0 Å². The van der Waals surface area contributed by atoms with Crippen molar-refractivity contribution in [3.05, 3.63) is 28.2 Å². The number of aryl methyl sites for hydroxylation is 1. The van der Waals surface area contributed by atoms with Crippen molar-refractivity contribution >= 4 is 27.5 Å². The van der Waals surface area contributed by atoms with E-state index in [-0.39, 0.29) is 11.8 Å². The normalized spacial score (nSPS) is 29.9. The van der Waals surface area contributed by atoms with Crippen molar-refractivity contribution in [3.63, 3.8) is 0 Å². The largest absolute Gasteiger partial charge is 0.325 e. The molecule has 2 atom stereocenters. The van der Waals surface area contributed by atoms with Gasteiger partial charge in [-0.05, 0) is 71.6 Å². The summed E-state index contributed by atoms with van der Waals surface area (Å²) in [6.07, 6.45) is 3.55. The summed E-state index contributed by atoms with van der Waals surface area (Å²) in [6.45, 7) is 2.04. The van der Waals surface area contributed by atoms with E-state index in [2.05, 4.69) is 21.2 Å². The Kier molecular flexibility index (Phi) is 2.74. The van der Waals surface area contributed by atoms with Gasteiger partial charge in [-0.1, -0.05) is 6.07 Å². The third kappa shape index (κ3) is 2.25. The number of benzene rings is 1. The molecule has 2 aliphatic rings. The molecule has 3 heteroatoms. The number of rotatable bonds is 2. The van der Waals surface area contributed by atoms with E-state index < -0.39 is 0 Å². The van der Waals surface area contributed by atoms with Crippen LogP contribution in [0.5, 0.6) is 0 Å². The van der Waals surface area contributed by atoms with Crippen molar-refractivity contribution in [2.45, 2.75) is 26.2 Å². The van der Waals surface area contributed by atoms with Crippen LogP contribution < -0.4 is 5.32 Å². The maximum absolute atomic E-state index is 12.1. The zero-order valence-corrected chi connectivity index (χ0v) is 11.5. The topological polar surface area (TPSA) is 29.1 Å². The van der Waals surface area contributed by atoms with E-state index in [9.17, 15) is 4.79 Å². The molecule has 2 unspecified atom stereocenters. The summed E-state index contributed by atoms with van der Waals surface area (Å²) in [5, 5.41) is 3.03. The first-order chi connectivity index (χ1) is 8.13. The molecule has 2 fully saturated rings. The summed E-state index contributed by atoms with van der Waals surface area (Å²) in [7, 11) is 0. The summed E-state index contributed by atoms with van der Waals surface area (Å²) in [6, 6.07) is 6.02. The molecule has 0 aliphatic heterocycles. The number of halogens is 1. The SMILES string of the molecule is Cc1ccc(NC(=O)C2CC3CC3C2)c(Br)c1. The van der Waals surface area contributed by atoms with Crippen molar-refractivity contribution < 1.29 is 4.79 Å². The van der Waals surface area contributed by atoms with Crippen molar-refractivity contribution in [2.75, 3.05) is 5.32 Å². The van der Waals surface area contributed by atoms with Crippen LogP contribution in [0.1, 0.15) is 24.8 Å². The lowest BCUT2D eigenvalue weighted by molar-refractivity contribution is -0.120. The number of nitrogens with one attached hydrogen (secondary N) is 1. The summed E-state index contributed by atoms with van der Waals surface area (Å²) in [5.41, 5.74) is 2.08. The Morgan fingerprint density at radius 3 is 2.65 bits per heavy atom. The third-order valence-electron chi connectivity index (χ3n) is 4.00. The number of fused-ring (bicyclic) bond motifs is 1. The monoisotopic (exact) mass is 293 g/mol. The molecule has 0 radical (unpaired) electrons. The highest BCUT2D eigenvalue weighted by molar-refractivity contribution is 9.10. The van der Waals surface area contributed by atoms with Crippen LogP contribution >= 0.6 is 15.9 Å². The van der Waals surface area contributed by atoms with E-state index in [0.29, 0.717) is 0 Å². The highest BCUT2D eigenvalue weighted by Crippen LogP contribution is 2.54. The number of anilines is 1. The molecule has 1 amide bonds. The van der Waals surface area contributed by atoms with Crippen molar-refractivity contribution in [1.82, 2.24) is 0 Å². The summed E-state index contributed by atoms with van der Waals surface area (Å²) >= 11 is 3.49. The molecular formula is C14H16BrNO. The average molecular weight is 294 g/mol. The molecular weight excluding hydrogens is 278 g/mol. The smallest absolute Gasteiger partial charge is 0.227 e. The Hall–Kier alpha value is -0.830. The van der Waals surface area contributed by atoms with Crippen LogP contribution in [0.3, 0.4) is 0 Å². The number of amides is 1. The third-order valence-corrected chi connectivity index (χ3v) is 4.65. The lowest BCUT2D eigenvalue weighted by atomic mass is 10.0. The molecule has 2 aliphatic carbocycles. The van der Waals surface area contributed by atoms with E-state index in [0.717, 1.165) is 34.8 Å². The lowest BCUT2D eigenvalue weighted by Gasteiger charge is -2.13. The van der Waals surface area contributed by atoms with Crippen molar-refractivity contribution in [3.8, 4) is 0 Å². The average Bonchev–Trinajstić information content (AvgIpc) is 2.89. The van der Waals surface area contributed by atoms with E-state index >= 15 is 0 Å². The highest BCUT2D eigenvalue weighted by atomic mass is 79.9. The van der Waals surface area contributed by atoms with E-state index in [1.54, 1.807) is 0 Å². The molecule has 90 valence electrons. The Morgan fingerprint density at radius 2 is 2.00 bits per heavy atom. The van der Waals surface area contributed by atoms with Crippen LogP contribution in [0.4, 0.5) is 5.69 Å². The summed E-state index contributed by atoms with van der Waals surface area (Å²) in [4.78, 5) is 12.1. The zero-order chi connectivity index (χ0) is 12.0. The summed E-state index contributed by atoms with van der Waals surface area (Å²) < 4.78 is 0.967. The van der Waals surface area contributed by atoms with Crippen LogP contribution in [0.25, 0.3) is 0 Å². The quantitative estimate of drug-likeness (QED) is 0.884. The van der Waals surface area contributed by atoms with Gasteiger partial charge in [0.15, 0.2) is 0 Å². The fraction of sp³-hybridized carbons (Fsp3) is 0.500. The van der Waals surface area contributed by atoms with Gasteiger partial charge in [-0.25, -0.2) is 0 Å². The Bertz CT molecular complexity index is 461. The van der Waals surface area contributed by atoms with Gasteiger partial charge in [-0.2, -0.15) is 0 Å². The first kappa shape index (κ1) is 11.3. The number of hydrogen-bond donors (Lipinski definition) is 1. The Morgan fingerprint density at radius 1 is 1.29 bits per heavy atom. The minimum Gasteiger partial charge on any atom is -0.325 e.